The van der Waals surface area contributed by atoms with Gasteiger partial charge in [0, 0.05) is 73.2 Å². The van der Waals surface area contributed by atoms with Crippen LogP contribution >= 0.6 is 0 Å². The standard InChI is InChI=1S/C38H43N9O5/c1-3-29-37(51)45-32(20-27-22-42-30-9-5-4-8-28(27)30)36(50)41-15-7-19-47-24(2)43-31-11-10-26(21-33(31)47)35(49)40-14-6-18-46(23-34(48)44-29)38(52)25-12-16-39-17-13-25/h4-5,8-13,16-17,21-22,29,32,42H,3,6-7,14-15,18-20,23H2,1-2H3,(H,40,49)(H,41,50)(H,44,48)(H,45,51)/t29-,32+/m0/s1. The Kier molecular flexibility index (Phi) is 11.2. The van der Waals surface area contributed by atoms with Gasteiger partial charge in [-0.25, -0.2) is 4.98 Å². The van der Waals surface area contributed by atoms with Crippen LogP contribution in [0.15, 0.2) is 73.2 Å². The van der Waals surface area contributed by atoms with E-state index in [2.05, 4.69) is 36.2 Å². The third-order valence-corrected chi connectivity index (χ3v) is 9.29. The maximum atomic E-state index is 13.7. The van der Waals surface area contributed by atoms with Gasteiger partial charge >= 0.3 is 0 Å². The van der Waals surface area contributed by atoms with Crippen molar-refractivity contribution in [3.05, 3.63) is 95.7 Å². The molecule has 3 aromatic heterocycles. The van der Waals surface area contributed by atoms with Crippen molar-refractivity contribution in [3.8, 4) is 0 Å². The van der Waals surface area contributed by atoms with Gasteiger partial charge in [0.15, 0.2) is 0 Å². The Labute approximate surface area is 300 Å². The average Bonchev–Trinajstić information content (AvgIpc) is 3.71. The summed E-state index contributed by atoms with van der Waals surface area (Å²) in [6.07, 6.45) is 6.24. The van der Waals surface area contributed by atoms with Gasteiger partial charge < -0.3 is 35.7 Å². The molecule has 0 aliphatic carbocycles. The highest BCUT2D eigenvalue weighted by atomic mass is 16.2. The van der Waals surface area contributed by atoms with Gasteiger partial charge in [-0.2, -0.15) is 0 Å². The monoisotopic (exact) mass is 705 g/mol. The number of aromatic nitrogens is 4. The van der Waals surface area contributed by atoms with E-state index in [-0.39, 0.29) is 50.2 Å². The second kappa shape index (κ2) is 16.3. The summed E-state index contributed by atoms with van der Waals surface area (Å²) in [6.45, 7) is 4.63. The van der Waals surface area contributed by atoms with E-state index in [0.717, 1.165) is 33.3 Å². The van der Waals surface area contributed by atoms with Crippen molar-refractivity contribution < 1.29 is 24.0 Å². The van der Waals surface area contributed by atoms with E-state index in [1.165, 1.54) is 17.3 Å². The van der Waals surface area contributed by atoms with E-state index >= 15 is 0 Å². The van der Waals surface area contributed by atoms with Crippen molar-refractivity contribution in [1.82, 2.24) is 45.7 Å². The highest BCUT2D eigenvalue weighted by Gasteiger charge is 2.28. The number of H-pyrrole nitrogens is 1. The predicted molar refractivity (Wildman–Crippen MR) is 195 cm³/mol. The molecule has 5 amide bonds. The van der Waals surface area contributed by atoms with Crippen molar-refractivity contribution in [3.63, 3.8) is 0 Å². The second-order valence-corrected chi connectivity index (χ2v) is 12.9. The van der Waals surface area contributed by atoms with Crippen LogP contribution < -0.4 is 21.3 Å². The lowest BCUT2D eigenvalue weighted by molar-refractivity contribution is -0.132. The SMILES string of the molecule is CC[C@@H]1NC(=O)CN(C(=O)c2ccncc2)CCCNC(=O)c2ccc3nc(C)n(c3c2)CCCNC(=O)[C@@H](Cc2c[nH]c3ccccc23)NC1=O. The molecule has 4 heterocycles. The summed E-state index contributed by atoms with van der Waals surface area (Å²) in [4.78, 5) is 80.8. The highest BCUT2D eigenvalue weighted by molar-refractivity contribution is 5.98. The van der Waals surface area contributed by atoms with Crippen LogP contribution in [0.2, 0.25) is 0 Å². The van der Waals surface area contributed by atoms with Crippen LogP contribution in [-0.2, 0) is 27.3 Å². The Balaban J connectivity index is 1.27. The molecule has 1 aliphatic heterocycles. The number of para-hydroxylation sites is 1. The number of nitrogens with one attached hydrogen (secondary N) is 5. The van der Waals surface area contributed by atoms with Gasteiger partial charge in [0.25, 0.3) is 11.8 Å². The summed E-state index contributed by atoms with van der Waals surface area (Å²) in [7, 11) is 0. The number of nitrogens with zero attached hydrogens (tertiary/aromatic N) is 4. The minimum atomic E-state index is -0.957. The quantitative estimate of drug-likeness (QED) is 0.190. The maximum absolute atomic E-state index is 13.7. The van der Waals surface area contributed by atoms with Gasteiger partial charge in [0.05, 0.1) is 17.6 Å². The lowest BCUT2D eigenvalue weighted by Crippen LogP contribution is -2.55. The molecule has 52 heavy (non-hydrogen) atoms. The molecule has 0 fully saturated rings. The lowest BCUT2D eigenvalue weighted by atomic mass is 10.0. The topological polar surface area (TPSA) is 183 Å². The zero-order valence-electron chi connectivity index (χ0n) is 29.3. The van der Waals surface area contributed by atoms with Crippen LogP contribution in [0, 0.1) is 6.92 Å². The number of amides is 5. The number of aromatic amines is 1. The number of rotatable bonds is 4. The van der Waals surface area contributed by atoms with Crippen molar-refractivity contribution in [1.29, 1.82) is 0 Å². The van der Waals surface area contributed by atoms with Crippen LogP contribution in [0.4, 0.5) is 0 Å². The molecule has 0 saturated carbocycles. The molecule has 0 unspecified atom stereocenters. The number of fused-ring (bicyclic) bond motifs is 2. The minimum absolute atomic E-state index is 0.162. The molecular formula is C38H43N9O5. The summed E-state index contributed by atoms with van der Waals surface area (Å²) in [5.74, 6) is -1.28. The molecule has 5 aromatic rings. The number of pyridine rings is 1. The normalized spacial score (nSPS) is 18.6. The minimum Gasteiger partial charge on any atom is -0.361 e. The predicted octanol–water partition coefficient (Wildman–Crippen LogP) is 2.63. The van der Waals surface area contributed by atoms with E-state index in [0.29, 0.717) is 37.1 Å². The third-order valence-electron chi connectivity index (χ3n) is 9.29. The third kappa shape index (κ3) is 8.28. The number of imidazole rings is 1. The first-order chi connectivity index (χ1) is 25.2. The van der Waals surface area contributed by atoms with E-state index in [1.807, 2.05) is 48.0 Å². The zero-order valence-corrected chi connectivity index (χ0v) is 29.3. The van der Waals surface area contributed by atoms with Crippen LogP contribution in [0.25, 0.3) is 21.9 Å². The van der Waals surface area contributed by atoms with Gasteiger partial charge in [0.1, 0.15) is 17.9 Å². The molecule has 2 aromatic carbocycles. The van der Waals surface area contributed by atoms with Gasteiger partial charge in [0.2, 0.25) is 17.7 Å². The summed E-state index contributed by atoms with van der Waals surface area (Å²) in [5, 5.41) is 12.5. The summed E-state index contributed by atoms with van der Waals surface area (Å²) >= 11 is 0. The molecular weight excluding hydrogens is 662 g/mol. The Morgan fingerprint density at radius 2 is 1.65 bits per heavy atom. The number of benzene rings is 2. The average molecular weight is 706 g/mol. The molecule has 1 aliphatic rings. The number of aryl methyl sites for hydroxylation is 2. The summed E-state index contributed by atoms with van der Waals surface area (Å²) in [5.41, 5.74) is 4.15. The van der Waals surface area contributed by atoms with Crippen molar-refractivity contribution in [2.24, 2.45) is 0 Å². The van der Waals surface area contributed by atoms with Gasteiger partial charge in [-0.3, -0.25) is 29.0 Å². The molecule has 14 nitrogen and oxygen atoms in total. The maximum Gasteiger partial charge on any atom is 0.254 e. The first-order valence-electron chi connectivity index (χ1n) is 17.6. The van der Waals surface area contributed by atoms with E-state index in [9.17, 15) is 24.0 Å². The lowest BCUT2D eigenvalue weighted by Gasteiger charge is -2.25. The van der Waals surface area contributed by atoms with Gasteiger partial charge in [-0.15, -0.1) is 0 Å². The highest BCUT2D eigenvalue weighted by Crippen LogP contribution is 2.20. The fourth-order valence-corrected chi connectivity index (χ4v) is 6.51. The molecule has 2 atom stereocenters. The van der Waals surface area contributed by atoms with Crippen molar-refractivity contribution in [2.45, 2.75) is 58.2 Å². The Hall–Kier alpha value is -6.05. The summed E-state index contributed by atoms with van der Waals surface area (Å²) < 4.78 is 2.02. The largest absolute Gasteiger partial charge is 0.361 e. The Morgan fingerprint density at radius 3 is 2.46 bits per heavy atom. The number of carbonyl (C=O) groups is 5. The molecule has 0 spiro atoms. The van der Waals surface area contributed by atoms with Crippen molar-refractivity contribution in [2.75, 3.05) is 26.2 Å². The van der Waals surface area contributed by atoms with Crippen LogP contribution in [0.1, 0.15) is 58.3 Å². The second-order valence-electron chi connectivity index (χ2n) is 12.9. The number of hydrogen-bond acceptors (Lipinski definition) is 7. The van der Waals surface area contributed by atoms with Crippen LogP contribution in [0.5, 0.6) is 0 Å². The fraction of sp³-hybridized carbons (Fsp3) is 0.342. The van der Waals surface area contributed by atoms with E-state index < -0.39 is 23.9 Å². The smallest absolute Gasteiger partial charge is 0.254 e. The van der Waals surface area contributed by atoms with E-state index in [4.69, 9.17) is 0 Å². The Bertz CT molecular complexity index is 2090. The first kappa shape index (κ1) is 35.8. The van der Waals surface area contributed by atoms with Crippen LogP contribution in [0.3, 0.4) is 0 Å². The number of hydrogen-bond donors (Lipinski definition) is 5. The fourth-order valence-electron chi connectivity index (χ4n) is 6.51. The zero-order chi connectivity index (χ0) is 36.6. The molecule has 6 rings (SSSR count). The molecule has 0 saturated heterocycles. The van der Waals surface area contributed by atoms with E-state index in [1.54, 1.807) is 31.2 Å². The molecule has 0 radical (unpaired) electrons. The molecule has 270 valence electrons. The van der Waals surface area contributed by atoms with Crippen LogP contribution in [-0.4, -0.2) is 92.2 Å². The van der Waals surface area contributed by atoms with Crippen molar-refractivity contribution >= 4 is 51.5 Å². The summed E-state index contributed by atoms with van der Waals surface area (Å²) in [6, 6.07) is 14.3. The Morgan fingerprint density at radius 1 is 0.885 bits per heavy atom. The molecule has 2 bridgehead atoms. The van der Waals surface area contributed by atoms with Gasteiger partial charge in [-0.05, 0) is 68.1 Å². The van der Waals surface area contributed by atoms with Gasteiger partial charge in [-0.1, -0.05) is 25.1 Å². The molecule has 14 heteroatoms. The first-order valence-corrected chi connectivity index (χ1v) is 17.6. The molecule has 5 N–H and O–H groups in total. The number of carbonyl (C=O) groups excluding carboxylic acids is 5.